The highest BCUT2D eigenvalue weighted by molar-refractivity contribution is 9.10. The second-order valence-electron chi connectivity index (χ2n) is 4.60. The van der Waals surface area contributed by atoms with Crippen molar-refractivity contribution in [3.63, 3.8) is 0 Å². The van der Waals surface area contributed by atoms with Crippen LogP contribution in [-0.4, -0.2) is 28.1 Å². The third-order valence-electron chi connectivity index (χ3n) is 2.22. The highest BCUT2D eigenvalue weighted by Gasteiger charge is 2.20. The van der Waals surface area contributed by atoms with Gasteiger partial charge in [0.05, 0.1) is 18.6 Å². The van der Waals surface area contributed by atoms with Crippen molar-refractivity contribution >= 4 is 21.8 Å². The van der Waals surface area contributed by atoms with Gasteiger partial charge in [0.2, 0.25) is 0 Å². The van der Waals surface area contributed by atoms with Crippen LogP contribution in [0.3, 0.4) is 0 Å². The number of hydroxylamine groups is 2. The number of hydrogen-bond acceptors (Lipinski definition) is 3. The lowest BCUT2D eigenvalue weighted by atomic mass is 10.2. The molecule has 1 aromatic rings. The molecule has 1 aromatic heterocycles. The Bertz CT molecular complexity index is 408. The van der Waals surface area contributed by atoms with E-state index in [0.29, 0.717) is 4.60 Å². The van der Waals surface area contributed by atoms with Gasteiger partial charge in [0.25, 0.3) is 5.91 Å². The second kappa shape index (κ2) is 6.85. The first-order valence-corrected chi connectivity index (χ1v) is 6.79. The summed E-state index contributed by atoms with van der Waals surface area (Å²) in [5, 5.41) is 1.43. The number of pyridine rings is 1. The highest BCUT2D eigenvalue weighted by atomic mass is 79.9. The summed E-state index contributed by atoms with van der Waals surface area (Å²) in [6.45, 7) is 7.67. The molecule has 0 saturated carbocycles. The van der Waals surface area contributed by atoms with Gasteiger partial charge in [-0.3, -0.25) is 9.63 Å². The summed E-state index contributed by atoms with van der Waals surface area (Å²) in [4.78, 5) is 21.8. The first-order valence-electron chi connectivity index (χ1n) is 6.00. The van der Waals surface area contributed by atoms with Crippen LogP contribution in [0, 0.1) is 0 Å². The molecule has 0 radical (unpaired) electrons. The first kappa shape index (κ1) is 15.1. The number of aromatic nitrogens is 1. The van der Waals surface area contributed by atoms with Gasteiger partial charge in [0.1, 0.15) is 4.60 Å². The molecule has 4 nitrogen and oxygen atoms in total. The minimum Gasteiger partial charge on any atom is -0.272 e. The Morgan fingerprint density at radius 2 is 2.11 bits per heavy atom. The SMILES string of the molecule is CC(C)ON(C(=O)Cc1cccnc1Br)C(C)C. The van der Waals surface area contributed by atoms with Gasteiger partial charge in [-0.2, -0.15) is 0 Å². The van der Waals surface area contributed by atoms with Crippen LogP contribution in [0.1, 0.15) is 33.3 Å². The van der Waals surface area contributed by atoms with Gasteiger partial charge in [-0.1, -0.05) is 6.07 Å². The Morgan fingerprint density at radius 3 is 2.61 bits per heavy atom. The maximum absolute atomic E-state index is 12.2. The smallest absolute Gasteiger partial charge is 0.250 e. The highest BCUT2D eigenvalue weighted by Crippen LogP contribution is 2.15. The van der Waals surface area contributed by atoms with E-state index in [4.69, 9.17) is 4.84 Å². The molecule has 5 heteroatoms. The van der Waals surface area contributed by atoms with E-state index < -0.39 is 0 Å². The molecule has 0 atom stereocenters. The molecular formula is C13H19BrN2O2. The van der Waals surface area contributed by atoms with Gasteiger partial charge in [0, 0.05) is 6.20 Å². The number of hydrogen-bond donors (Lipinski definition) is 0. The standard InChI is InChI=1S/C13H19BrN2O2/c1-9(2)16(18-10(3)4)12(17)8-11-6-5-7-15-13(11)14/h5-7,9-10H,8H2,1-4H3. The van der Waals surface area contributed by atoms with Crippen molar-refractivity contribution in [1.82, 2.24) is 10.0 Å². The summed E-state index contributed by atoms with van der Waals surface area (Å²) in [5.74, 6) is -0.0626. The Kier molecular flexibility index (Phi) is 5.75. The zero-order valence-corrected chi connectivity index (χ0v) is 12.8. The molecule has 0 fully saturated rings. The van der Waals surface area contributed by atoms with Gasteiger partial charge >= 0.3 is 0 Å². The number of amides is 1. The summed E-state index contributed by atoms with van der Waals surface area (Å²) in [5.41, 5.74) is 0.862. The van der Waals surface area contributed by atoms with Gasteiger partial charge in [-0.15, -0.1) is 0 Å². The molecule has 0 aromatic carbocycles. The van der Waals surface area contributed by atoms with E-state index in [-0.39, 0.29) is 24.5 Å². The molecule has 0 saturated heterocycles. The number of rotatable bonds is 5. The van der Waals surface area contributed by atoms with Crippen LogP contribution in [-0.2, 0) is 16.1 Å². The van der Waals surface area contributed by atoms with Crippen LogP contribution in [0.25, 0.3) is 0 Å². The molecule has 0 N–H and O–H groups in total. The third kappa shape index (κ3) is 4.38. The second-order valence-corrected chi connectivity index (χ2v) is 5.35. The number of halogens is 1. The molecule has 0 aliphatic rings. The Hall–Kier alpha value is -0.940. The fourth-order valence-corrected chi connectivity index (χ4v) is 1.88. The molecule has 1 heterocycles. The van der Waals surface area contributed by atoms with Crippen molar-refractivity contribution in [2.45, 2.75) is 46.3 Å². The summed E-state index contributed by atoms with van der Waals surface area (Å²) in [7, 11) is 0. The maximum Gasteiger partial charge on any atom is 0.250 e. The van der Waals surface area contributed by atoms with Gasteiger partial charge in [-0.25, -0.2) is 10.0 Å². The molecule has 18 heavy (non-hydrogen) atoms. The zero-order chi connectivity index (χ0) is 13.7. The lowest BCUT2D eigenvalue weighted by molar-refractivity contribution is -0.211. The number of carbonyl (C=O) groups is 1. The first-order chi connectivity index (χ1) is 8.41. The fourth-order valence-electron chi connectivity index (χ4n) is 1.49. The third-order valence-corrected chi connectivity index (χ3v) is 2.93. The fraction of sp³-hybridized carbons (Fsp3) is 0.538. The topological polar surface area (TPSA) is 42.4 Å². The molecule has 0 aliphatic heterocycles. The van der Waals surface area contributed by atoms with E-state index in [2.05, 4.69) is 20.9 Å². The van der Waals surface area contributed by atoms with Crippen molar-refractivity contribution in [1.29, 1.82) is 0 Å². The summed E-state index contributed by atoms with van der Waals surface area (Å²) < 4.78 is 0.701. The predicted octanol–water partition coefficient (Wildman–Crippen LogP) is 2.96. The van der Waals surface area contributed by atoms with Crippen LogP contribution in [0.4, 0.5) is 0 Å². The van der Waals surface area contributed by atoms with Crippen molar-refractivity contribution in [3.05, 3.63) is 28.5 Å². The van der Waals surface area contributed by atoms with Crippen molar-refractivity contribution in [3.8, 4) is 0 Å². The van der Waals surface area contributed by atoms with Gasteiger partial charge in [0.15, 0.2) is 0 Å². The Morgan fingerprint density at radius 1 is 1.44 bits per heavy atom. The lowest BCUT2D eigenvalue weighted by Crippen LogP contribution is -2.39. The Balaban J connectivity index is 2.76. The number of nitrogens with zero attached hydrogens (tertiary/aromatic N) is 2. The van der Waals surface area contributed by atoms with Gasteiger partial charge in [-0.05, 0) is 55.3 Å². The van der Waals surface area contributed by atoms with Crippen LogP contribution in [0.2, 0.25) is 0 Å². The Labute approximate surface area is 116 Å². The molecule has 1 rings (SSSR count). The minimum atomic E-state index is -0.0626. The molecule has 0 unspecified atom stereocenters. The molecule has 0 spiro atoms. The van der Waals surface area contributed by atoms with E-state index in [1.807, 2.05) is 39.8 Å². The molecule has 0 bridgehead atoms. The van der Waals surface area contributed by atoms with Crippen LogP contribution in [0.15, 0.2) is 22.9 Å². The van der Waals surface area contributed by atoms with Crippen LogP contribution < -0.4 is 0 Å². The quantitative estimate of drug-likeness (QED) is 0.620. The average molecular weight is 315 g/mol. The van der Waals surface area contributed by atoms with E-state index in [1.165, 1.54) is 5.06 Å². The van der Waals surface area contributed by atoms with Crippen LogP contribution >= 0.6 is 15.9 Å². The number of carbonyl (C=O) groups excluding carboxylic acids is 1. The molecule has 1 amide bonds. The van der Waals surface area contributed by atoms with E-state index in [9.17, 15) is 4.79 Å². The van der Waals surface area contributed by atoms with Crippen molar-refractivity contribution in [2.24, 2.45) is 0 Å². The minimum absolute atomic E-state index is 0.00958. The lowest BCUT2D eigenvalue weighted by Gasteiger charge is -2.27. The molecular weight excluding hydrogens is 296 g/mol. The van der Waals surface area contributed by atoms with E-state index in [0.717, 1.165) is 5.56 Å². The molecule has 100 valence electrons. The average Bonchev–Trinajstić information content (AvgIpc) is 2.28. The summed E-state index contributed by atoms with van der Waals surface area (Å²) in [6, 6.07) is 3.70. The predicted molar refractivity (Wildman–Crippen MR) is 73.8 cm³/mol. The zero-order valence-electron chi connectivity index (χ0n) is 11.2. The van der Waals surface area contributed by atoms with E-state index in [1.54, 1.807) is 6.20 Å². The summed E-state index contributed by atoms with van der Waals surface area (Å²) >= 11 is 3.34. The van der Waals surface area contributed by atoms with E-state index >= 15 is 0 Å². The largest absolute Gasteiger partial charge is 0.272 e. The maximum atomic E-state index is 12.2. The van der Waals surface area contributed by atoms with Crippen LogP contribution in [0.5, 0.6) is 0 Å². The molecule has 0 aliphatic carbocycles. The van der Waals surface area contributed by atoms with Crippen molar-refractivity contribution in [2.75, 3.05) is 0 Å². The summed E-state index contributed by atoms with van der Waals surface area (Å²) in [6.07, 6.45) is 1.94. The van der Waals surface area contributed by atoms with Crippen molar-refractivity contribution < 1.29 is 9.63 Å². The normalized spacial score (nSPS) is 11.1. The van der Waals surface area contributed by atoms with Gasteiger partial charge < -0.3 is 0 Å². The monoisotopic (exact) mass is 314 g/mol.